The van der Waals surface area contributed by atoms with Crippen molar-refractivity contribution in [1.29, 1.82) is 0 Å². The van der Waals surface area contributed by atoms with E-state index in [0.717, 1.165) is 18.9 Å². The van der Waals surface area contributed by atoms with Crippen molar-refractivity contribution in [2.75, 3.05) is 6.61 Å². The zero-order chi connectivity index (χ0) is 19.1. The lowest BCUT2D eigenvalue weighted by molar-refractivity contribution is 0.264. The van der Waals surface area contributed by atoms with Crippen molar-refractivity contribution in [2.45, 2.75) is 110 Å². The van der Waals surface area contributed by atoms with Crippen LogP contribution in [-0.2, 0) is 4.74 Å². The minimum atomic E-state index is -0.0119. The lowest BCUT2D eigenvalue weighted by atomic mass is 10.0. The predicted octanol–water partition coefficient (Wildman–Crippen LogP) is 7.64. The summed E-state index contributed by atoms with van der Waals surface area (Å²) in [6.45, 7) is 9.54. The van der Waals surface area contributed by atoms with Gasteiger partial charge in [0.05, 0.1) is 5.54 Å². The van der Waals surface area contributed by atoms with E-state index >= 15 is 0 Å². The van der Waals surface area contributed by atoms with Gasteiger partial charge in [0.2, 0.25) is 0 Å². The molecule has 1 unspecified atom stereocenters. The van der Waals surface area contributed by atoms with Crippen molar-refractivity contribution >= 4 is 5.90 Å². The van der Waals surface area contributed by atoms with Gasteiger partial charge in [0, 0.05) is 5.92 Å². The maximum absolute atomic E-state index is 5.74. The Hall–Kier alpha value is -1.05. The standard InChI is InChI=1S/C24H43NO/c1-5-6-7-8-9-10-11-12-13-14-15-16-17-18-19-20-22(2)23-25-24(3,4)21-26-23/h9-10,12-13,22H,5-8,11,14-21H2,1-4H3/b10-9-,13-12-. The van der Waals surface area contributed by atoms with E-state index in [2.05, 4.69) is 52.0 Å². The molecule has 0 aromatic carbocycles. The van der Waals surface area contributed by atoms with Crippen LogP contribution in [0.1, 0.15) is 105 Å². The smallest absolute Gasteiger partial charge is 0.186 e. The summed E-state index contributed by atoms with van der Waals surface area (Å²) in [5.74, 6) is 1.47. The van der Waals surface area contributed by atoms with Gasteiger partial charge >= 0.3 is 0 Å². The van der Waals surface area contributed by atoms with E-state index in [9.17, 15) is 0 Å². The first kappa shape index (κ1) is 23.0. The van der Waals surface area contributed by atoms with Crippen LogP contribution in [0.15, 0.2) is 29.3 Å². The Morgan fingerprint density at radius 3 is 2.15 bits per heavy atom. The normalized spacial score (nSPS) is 17.8. The fraction of sp³-hybridized carbons (Fsp3) is 0.792. The molecule has 0 aromatic rings. The van der Waals surface area contributed by atoms with Gasteiger partial charge in [-0.15, -0.1) is 0 Å². The molecule has 1 aliphatic heterocycles. The zero-order valence-electron chi connectivity index (χ0n) is 17.9. The zero-order valence-corrected chi connectivity index (χ0v) is 17.9. The number of aliphatic imine (C=N–C) groups is 1. The van der Waals surface area contributed by atoms with E-state index < -0.39 is 0 Å². The average molecular weight is 362 g/mol. The minimum absolute atomic E-state index is 0.0119. The highest BCUT2D eigenvalue weighted by Gasteiger charge is 2.28. The van der Waals surface area contributed by atoms with Crippen LogP contribution in [0.4, 0.5) is 0 Å². The molecule has 0 fully saturated rings. The molecule has 1 heterocycles. The van der Waals surface area contributed by atoms with Crippen LogP contribution in [0, 0.1) is 5.92 Å². The summed E-state index contributed by atoms with van der Waals surface area (Å²) < 4.78 is 5.74. The third-order valence-electron chi connectivity index (χ3n) is 5.00. The second kappa shape index (κ2) is 14.1. The van der Waals surface area contributed by atoms with Crippen molar-refractivity contribution in [2.24, 2.45) is 10.9 Å². The SMILES string of the molecule is CCCCC/C=C\C/C=C\CCCCCCCC(C)C1=NC(C)(C)CO1. The van der Waals surface area contributed by atoms with Gasteiger partial charge in [-0.25, -0.2) is 4.99 Å². The van der Waals surface area contributed by atoms with E-state index in [0.29, 0.717) is 5.92 Å². The summed E-state index contributed by atoms with van der Waals surface area (Å²) in [4.78, 5) is 4.69. The number of allylic oxidation sites excluding steroid dienone is 4. The Labute approximate surface area is 163 Å². The first-order valence-corrected chi connectivity index (χ1v) is 11.1. The van der Waals surface area contributed by atoms with Crippen LogP contribution in [0.25, 0.3) is 0 Å². The summed E-state index contributed by atoms with van der Waals surface area (Å²) in [6.07, 6.45) is 24.8. The lowest BCUT2D eigenvalue weighted by Crippen LogP contribution is -2.17. The van der Waals surface area contributed by atoms with E-state index in [1.54, 1.807) is 0 Å². The third-order valence-corrected chi connectivity index (χ3v) is 5.00. The number of hydrogen-bond donors (Lipinski definition) is 0. The maximum Gasteiger partial charge on any atom is 0.186 e. The van der Waals surface area contributed by atoms with Gasteiger partial charge in [0.25, 0.3) is 0 Å². The topological polar surface area (TPSA) is 21.6 Å². The van der Waals surface area contributed by atoms with Gasteiger partial charge in [0.15, 0.2) is 5.90 Å². The summed E-state index contributed by atoms with van der Waals surface area (Å²) in [5.41, 5.74) is -0.0119. The molecule has 0 N–H and O–H groups in total. The van der Waals surface area contributed by atoms with E-state index in [1.165, 1.54) is 70.6 Å². The van der Waals surface area contributed by atoms with Gasteiger partial charge in [-0.3, -0.25) is 0 Å². The summed E-state index contributed by atoms with van der Waals surface area (Å²) in [5, 5.41) is 0. The Bertz CT molecular complexity index is 433. The monoisotopic (exact) mass is 361 g/mol. The molecule has 1 aliphatic rings. The number of rotatable bonds is 15. The van der Waals surface area contributed by atoms with Crippen LogP contribution in [-0.4, -0.2) is 18.0 Å². The van der Waals surface area contributed by atoms with Crippen molar-refractivity contribution in [3.8, 4) is 0 Å². The summed E-state index contributed by atoms with van der Waals surface area (Å²) >= 11 is 0. The molecule has 0 saturated heterocycles. The van der Waals surface area contributed by atoms with Crippen LogP contribution >= 0.6 is 0 Å². The Morgan fingerprint density at radius 2 is 1.54 bits per heavy atom. The average Bonchev–Trinajstić information content (AvgIpc) is 2.98. The largest absolute Gasteiger partial charge is 0.478 e. The lowest BCUT2D eigenvalue weighted by Gasteiger charge is -2.10. The minimum Gasteiger partial charge on any atom is -0.478 e. The van der Waals surface area contributed by atoms with Gasteiger partial charge in [0.1, 0.15) is 6.61 Å². The van der Waals surface area contributed by atoms with Crippen LogP contribution in [0.3, 0.4) is 0 Å². The second-order valence-corrected chi connectivity index (χ2v) is 8.47. The van der Waals surface area contributed by atoms with Crippen molar-refractivity contribution < 1.29 is 4.74 Å². The summed E-state index contributed by atoms with van der Waals surface area (Å²) in [6, 6.07) is 0. The van der Waals surface area contributed by atoms with Gasteiger partial charge in [-0.05, 0) is 52.4 Å². The highest BCUT2D eigenvalue weighted by molar-refractivity contribution is 5.80. The Morgan fingerprint density at radius 1 is 0.923 bits per heavy atom. The molecular weight excluding hydrogens is 318 g/mol. The van der Waals surface area contributed by atoms with E-state index in [-0.39, 0.29) is 5.54 Å². The number of nitrogens with zero attached hydrogens (tertiary/aromatic N) is 1. The first-order chi connectivity index (χ1) is 12.5. The van der Waals surface area contributed by atoms with E-state index in [4.69, 9.17) is 9.73 Å². The molecule has 2 nitrogen and oxygen atoms in total. The van der Waals surface area contributed by atoms with Crippen molar-refractivity contribution in [1.82, 2.24) is 0 Å². The predicted molar refractivity (Wildman–Crippen MR) is 116 cm³/mol. The molecule has 0 spiro atoms. The van der Waals surface area contributed by atoms with Gasteiger partial charge < -0.3 is 4.74 Å². The maximum atomic E-state index is 5.74. The Kier molecular flexibility index (Phi) is 12.4. The number of hydrogen-bond acceptors (Lipinski definition) is 2. The Balaban J connectivity index is 1.90. The fourth-order valence-corrected chi connectivity index (χ4v) is 3.25. The van der Waals surface area contributed by atoms with E-state index in [1.807, 2.05) is 0 Å². The highest BCUT2D eigenvalue weighted by atomic mass is 16.5. The second-order valence-electron chi connectivity index (χ2n) is 8.47. The highest BCUT2D eigenvalue weighted by Crippen LogP contribution is 2.23. The molecule has 0 amide bonds. The molecule has 0 aliphatic carbocycles. The molecule has 2 heteroatoms. The fourth-order valence-electron chi connectivity index (χ4n) is 3.25. The molecule has 0 bridgehead atoms. The summed E-state index contributed by atoms with van der Waals surface area (Å²) in [7, 11) is 0. The molecule has 26 heavy (non-hydrogen) atoms. The molecule has 1 rings (SSSR count). The molecule has 1 atom stereocenters. The van der Waals surface area contributed by atoms with Gasteiger partial charge in [-0.2, -0.15) is 0 Å². The molecule has 0 radical (unpaired) electrons. The molecule has 0 saturated carbocycles. The first-order valence-electron chi connectivity index (χ1n) is 11.1. The molecule has 0 aromatic heterocycles. The quantitative estimate of drug-likeness (QED) is 0.217. The van der Waals surface area contributed by atoms with Crippen LogP contribution in [0.2, 0.25) is 0 Å². The van der Waals surface area contributed by atoms with Crippen molar-refractivity contribution in [3.63, 3.8) is 0 Å². The molecular formula is C24H43NO. The number of unbranched alkanes of at least 4 members (excludes halogenated alkanes) is 8. The number of ether oxygens (including phenoxy) is 1. The van der Waals surface area contributed by atoms with Crippen LogP contribution in [0.5, 0.6) is 0 Å². The van der Waals surface area contributed by atoms with Crippen LogP contribution < -0.4 is 0 Å². The van der Waals surface area contributed by atoms with Crippen molar-refractivity contribution in [3.05, 3.63) is 24.3 Å². The molecule has 150 valence electrons. The van der Waals surface area contributed by atoms with Gasteiger partial charge in [-0.1, -0.05) is 76.7 Å². The third kappa shape index (κ3) is 11.5.